The molecule has 1 nitrogen and oxygen atoms in total. The molecule has 1 atom stereocenters. The van der Waals surface area contributed by atoms with Crippen molar-refractivity contribution in [1.82, 2.24) is 0 Å². The standard InChI is InChI=1S/C13H16Br2O/c1-7-6-10(14)8(2)11(13(7)16-3)12(15)9-4-5-9/h6,9,12H,4-5H2,1-3H3. The summed E-state index contributed by atoms with van der Waals surface area (Å²) in [5.41, 5.74) is 3.80. The van der Waals surface area contributed by atoms with Crippen LogP contribution in [-0.2, 0) is 0 Å². The number of ether oxygens (including phenoxy) is 1. The summed E-state index contributed by atoms with van der Waals surface area (Å²) in [6.45, 7) is 4.25. The molecule has 0 saturated heterocycles. The van der Waals surface area contributed by atoms with Gasteiger partial charge in [0.15, 0.2) is 0 Å². The molecule has 0 spiro atoms. The van der Waals surface area contributed by atoms with Crippen LogP contribution in [0, 0.1) is 19.8 Å². The Morgan fingerprint density at radius 3 is 2.50 bits per heavy atom. The zero-order valence-electron chi connectivity index (χ0n) is 9.81. The van der Waals surface area contributed by atoms with Crippen molar-refractivity contribution in [3.05, 3.63) is 27.2 Å². The van der Waals surface area contributed by atoms with Gasteiger partial charge in [-0.25, -0.2) is 0 Å². The number of alkyl halides is 1. The fraction of sp³-hybridized carbons (Fsp3) is 0.538. The molecule has 0 amide bonds. The van der Waals surface area contributed by atoms with Gasteiger partial charge >= 0.3 is 0 Å². The smallest absolute Gasteiger partial charge is 0.126 e. The third-order valence-corrected chi connectivity index (χ3v) is 5.25. The molecule has 1 aliphatic rings. The van der Waals surface area contributed by atoms with Crippen LogP contribution in [0.1, 0.15) is 34.4 Å². The van der Waals surface area contributed by atoms with Gasteiger partial charge in [-0.1, -0.05) is 31.9 Å². The first-order valence-electron chi connectivity index (χ1n) is 5.54. The number of aryl methyl sites for hydroxylation is 1. The predicted octanol–water partition coefficient (Wildman–Crippen LogP) is 4.92. The third kappa shape index (κ3) is 2.17. The summed E-state index contributed by atoms with van der Waals surface area (Å²) in [6, 6.07) is 2.13. The molecule has 0 heterocycles. The van der Waals surface area contributed by atoms with Gasteiger partial charge in [-0.3, -0.25) is 0 Å². The van der Waals surface area contributed by atoms with E-state index in [9.17, 15) is 0 Å². The van der Waals surface area contributed by atoms with Gasteiger partial charge < -0.3 is 4.74 Å². The molecule has 2 rings (SSSR count). The second kappa shape index (κ2) is 4.69. The molecule has 3 heteroatoms. The van der Waals surface area contributed by atoms with E-state index in [2.05, 4.69) is 51.8 Å². The lowest BCUT2D eigenvalue weighted by molar-refractivity contribution is 0.404. The number of benzene rings is 1. The molecule has 0 N–H and O–H groups in total. The zero-order chi connectivity index (χ0) is 11.9. The minimum atomic E-state index is 0.429. The van der Waals surface area contributed by atoms with Crippen LogP contribution < -0.4 is 4.74 Å². The van der Waals surface area contributed by atoms with Crippen molar-refractivity contribution < 1.29 is 4.74 Å². The topological polar surface area (TPSA) is 9.23 Å². The highest BCUT2D eigenvalue weighted by atomic mass is 79.9. The molecule has 1 saturated carbocycles. The van der Waals surface area contributed by atoms with E-state index in [1.165, 1.54) is 34.0 Å². The number of rotatable bonds is 3. The first kappa shape index (κ1) is 12.4. The van der Waals surface area contributed by atoms with Crippen molar-refractivity contribution in [2.75, 3.05) is 7.11 Å². The number of halogens is 2. The highest BCUT2D eigenvalue weighted by molar-refractivity contribution is 9.10. The number of methoxy groups -OCH3 is 1. The average Bonchev–Trinajstić information content (AvgIpc) is 3.05. The maximum Gasteiger partial charge on any atom is 0.126 e. The number of hydrogen-bond donors (Lipinski definition) is 0. The minimum Gasteiger partial charge on any atom is -0.496 e. The minimum absolute atomic E-state index is 0.429. The van der Waals surface area contributed by atoms with Gasteiger partial charge in [-0.2, -0.15) is 0 Å². The summed E-state index contributed by atoms with van der Waals surface area (Å²) in [6.07, 6.45) is 2.65. The molecule has 16 heavy (non-hydrogen) atoms. The van der Waals surface area contributed by atoms with Crippen molar-refractivity contribution in [3.8, 4) is 5.75 Å². The van der Waals surface area contributed by atoms with Gasteiger partial charge in [0.2, 0.25) is 0 Å². The molecule has 1 aromatic rings. The van der Waals surface area contributed by atoms with Crippen LogP contribution in [0.3, 0.4) is 0 Å². The maximum atomic E-state index is 5.56. The zero-order valence-corrected chi connectivity index (χ0v) is 13.0. The lowest BCUT2D eigenvalue weighted by atomic mass is 9.99. The van der Waals surface area contributed by atoms with Crippen molar-refractivity contribution in [2.45, 2.75) is 31.5 Å². The van der Waals surface area contributed by atoms with E-state index in [1.807, 2.05) is 0 Å². The van der Waals surface area contributed by atoms with Gasteiger partial charge in [0.25, 0.3) is 0 Å². The molecule has 1 aromatic carbocycles. The van der Waals surface area contributed by atoms with E-state index in [1.54, 1.807) is 7.11 Å². The quantitative estimate of drug-likeness (QED) is 0.705. The molecular weight excluding hydrogens is 332 g/mol. The van der Waals surface area contributed by atoms with Crippen LogP contribution in [-0.4, -0.2) is 7.11 Å². The molecule has 0 aliphatic heterocycles. The first-order valence-corrected chi connectivity index (χ1v) is 7.24. The van der Waals surface area contributed by atoms with Crippen LogP contribution in [0.2, 0.25) is 0 Å². The Morgan fingerprint density at radius 1 is 1.38 bits per heavy atom. The Bertz CT molecular complexity index is 411. The van der Waals surface area contributed by atoms with E-state index in [0.29, 0.717) is 4.83 Å². The van der Waals surface area contributed by atoms with Crippen LogP contribution in [0.4, 0.5) is 0 Å². The molecule has 0 bridgehead atoms. The predicted molar refractivity (Wildman–Crippen MR) is 74.6 cm³/mol. The average molecular weight is 348 g/mol. The van der Waals surface area contributed by atoms with Gasteiger partial charge in [-0.15, -0.1) is 0 Å². The number of hydrogen-bond acceptors (Lipinski definition) is 1. The van der Waals surface area contributed by atoms with E-state index in [-0.39, 0.29) is 0 Å². The van der Waals surface area contributed by atoms with Gasteiger partial charge in [0.1, 0.15) is 5.75 Å². The lowest BCUT2D eigenvalue weighted by Gasteiger charge is -2.19. The highest BCUT2D eigenvalue weighted by Gasteiger charge is 2.33. The lowest BCUT2D eigenvalue weighted by Crippen LogP contribution is -2.02. The van der Waals surface area contributed by atoms with Crippen molar-refractivity contribution >= 4 is 31.9 Å². The summed E-state index contributed by atoms with van der Waals surface area (Å²) in [4.78, 5) is 0.429. The Morgan fingerprint density at radius 2 is 2.00 bits per heavy atom. The third-order valence-electron chi connectivity index (χ3n) is 3.22. The summed E-state index contributed by atoms with van der Waals surface area (Å²) < 4.78 is 6.73. The van der Waals surface area contributed by atoms with Crippen molar-refractivity contribution in [3.63, 3.8) is 0 Å². The Labute approximate surface area is 114 Å². The van der Waals surface area contributed by atoms with Crippen LogP contribution >= 0.6 is 31.9 Å². The van der Waals surface area contributed by atoms with Gasteiger partial charge in [-0.05, 0) is 49.8 Å². The van der Waals surface area contributed by atoms with E-state index >= 15 is 0 Å². The van der Waals surface area contributed by atoms with Crippen LogP contribution in [0.5, 0.6) is 5.75 Å². The Hall–Kier alpha value is -0.0200. The van der Waals surface area contributed by atoms with E-state index in [4.69, 9.17) is 4.74 Å². The fourth-order valence-corrected chi connectivity index (χ4v) is 3.74. The monoisotopic (exact) mass is 346 g/mol. The summed E-state index contributed by atoms with van der Waals surface area (Å²) in [7, 11) is 1.76. The van der Waals surface area contributed by atoms with Crippen molar-refractivity contribution in [2.24, 2.45) is 5.92 Å². The second-order valence-electron chi connectivity index (χ2n) is 4.49. The van der Waals surface area contributed by atoms with Crippen molar-refractivity contribution in [1.29, 1.82) is 0 Å². The normalized spacial score (nSPS) is 17.3. The van der Waals surface area contributed by atoms with Crippen LogP contribution in [0.15, 0.2) is 10.5 Å². The highest BCUT2D eigenvalue weighted by Crippen LogP contribution is 2.51. The van der Waals surface area contributed by atoms with Crippen LogP contribution in [0.25, 0.3) is 0 Å². The largest absolute Gasteiger partial charge is 0.496 e. The first-order chi connectivity index (χ1) is 7.56. The Balaban J connectivity index is 2.54. The molecule has 1 fully saturated rings. The summed E-state index contributed by atoms with van der Waals surface area (Å²) in [5.74, 6) is 1.82. The molecule has 1 aliphatic carbocycles. The summed E-state index contributed by atoms with van der Waals surface area (Å²) >= 11 is 7.44. The second-order valence-corrected chi connectivity index (χ2v) is 6.33. The summed E-state index contributed by atoms with van der Waals surface area (Å²) in [5, 5.41) is 0. The Kier molecular flexibility index (Phi) is 3.65. The molecule has 0 aromatic heterocycles. The van der Waals surface area contributed by atoms with Gasteiger partial charge in [0.05, 0.1) is 7.11 Å². The van der Waals surface area contributed by atoms with Gasteiger partial charge in [0, 0.05) is 14.9 Å². The SMILES string of the molecule is COc1c(C)cc(Br)c(C)c1C(Br)C1CC1. The molecular formula is C13H16Br2O. The fourth-order valence-electron chi connectivity index (χ4n) is 2.10. The molecule has 1 unspecified atom stereocenters. The maximum absolute atomic E-state index is 5.56. The van der Waals surface area contributed by atoms with E-state index in [0.717, 1.165) is 11.7 Å². The molecule has 88 valence electrons. The van der Waals surface area contributed by atoms with E-state index < -0.39 is 0 Å². The molecule has 0 radical (unpaired) electrons.